The van der Waals surface area contributed by atoms with Crippen molar-refractivity contribution in [3.63, 3.8) is 0 Å². The number of nitrogens with one attached hydrogen (secondary N) is 1. The van der Waals surface area contributed by atoms with E-state index in [0.29, 0.717) is 12.2 Å². The highest BCUT2D eigenvalue weighted by Crippen LogP contribution is 2.17. The van der Waals surface area contributed by atoms with Crippen molar-refractivity contribution in [1.29, 1.82) is 0 Å². The number of carbonyl (C=O) groups is 2. The van der Waals surface area contributed by atoms with Crippen LogP contribution in [0.2, 0.25) is 0 Å². The van der Waals surface area contributed by atoms with Gasteiger partial charge in [-0.25, -0.2) is 0 Å². The molecule has 0 heterocycles. The number of carbonyl (C=O) groups excluding carboxylic acids is 2. The maximum absolute atomic E-state index is 12.0. The summed E-state index contributed by atoms with van der Waals surface area (Å²) in [6.45, 7) is 1.51. The molecule has 1 aromatic rings. The summed E-state index contributed by atoms with van der Waals surface area (Å²) in [6, 6.07) is 4.37. The Morgan fingerprint density at radius 3 is 2.35 bits per heavy atom. The molecule has 3 N–H and O–H groups in total. The molecule has 128 valence electrons. The molecule has 0 aliphatic heterocycles. The molecule has 1 aromatic carbocycles. The first-order chi connectivity index (χ1) is 10.8. The van der Waals surface area contributed by atoms with Crippen molar-refractivity contribution in [1.82, 2.24) is 0 Å². The van der Waals surface area contributed by atoms with Gasteiger partial charge in [0, 0.05) is 11.6 Å². The summed E-state index contributed by atoms with van der Waals surface area (Å²) in [5.41, 5.74) is 0.359. The van der Waals surface area contributed by atoms with Gasteiger partial charge in [-0.2, -0.15) is 8.78 Å². The van der Waals surface area contributed by atoms with E-state index in [-0.39, 0.29) is 18.1 Å². The summed E-state index contributed by atoms with van der Waals surface area (Å²) < 4.78 is 28.2. The molecule has 1 atom stereocenters. The number of aliphatic carboxylic acids is 1. The van der Waals surface area contributed by atoms with Gasteiger partial charge < -0.3 is 25.3 Å². The highest BCUT2D eigenvalue weighted by Gasteiger charge is 2.18. The van der Waals surface area contributed by atoms with Gasteiger partial charge in [-0.1, -0.05) is 13.8 Å². The Labute approximate surface area is 132 Å². The van der Waals surface area contributed by atoms with Crippen LogP contribution in [0, 0.1) is 5.92 Å². The lowest BCUT2D eigenvalue weighted by molar-refractivity contribution is -0.686. The van der Waals surface area contributed by atoms with Gasteiger partial charge in [-0.3, -0.25) is 4.79 Å². The zero-order valence-electron chi connectivity index (χ0n) is 12.9. The Balaban J connectivity index is 2.55. The molecule has 1 amide bonds. The Kier molecular flexibility index (Phi) is 7.40. The fourth-order valence-corrected chi connectivity index (χ4v) is 1.83. The molecular weight excluding hydrogens is 310 g/mol. The van der Waals surface area contributed by atoms with Crippen LogP contribution in [0.15, 0.2) is 24.3 Å². The summed E-state index contributed by atoms with van der Waals surface area (Å²) in [7, 11) is 0. The number of benzene rings is 1. The van der Waals surface area contributed by atoms with E-state index in [1.54, 1.807) is 5.32 Å². The van der Waals surface area contributed by atoms with Crippen LogP contribution in [-0.4, -0.2) is 31.1 Å². The lowest BCUT2D eigenvalue weighted by Gasteiger charge is -2.17. The summed E-state index contributed by atoms with van der Waals surface area (Å²) >= 11 is 0. The van der Waals surface area contributed by atoms with Crippen molar-refractivity contribution in [2.75, 3.05) is 11.9 Å². The van der Waals surface area contributed by atoms with Crippen LogP contribution in [0.25, 0.3) is 0 Å². The van der Waals surface area contributed by atoms with Crippen molar-refractivity contribution in [3.8, 4) is 5.75 Å². The molecule has 0 spiro atoms. The van der Waals surface area contributed by atoms with Crippen molar-refractivity contribution in [2.24, 2.45) is 5.92 Å². The average molecular weight is 330 g/mol. The lowest BCUT2D eigenvalue weighted by Crippen LogP contribution is -2.94. The molecule has 8 heteroatoms. The molecule has 0 unspecified atom stereocenters. The van der Waals surface area contributed by atoms with E-state index in [0.717, 1.165) is 0 Å². The number of hydrogen-bond donors (Lipinski definition) is 2. The number of halogens is 2. The van der Waals surface area contributed by atoms with E-state index in [1.165, 1.54) is 24.3 Å². The molecule has 1 rings (SSSR count). The molecule has 6 nitrogen and oxygen atoms in total. The molecule has 23 heavy (non-hydrogen) atoms. The number of rotatable bonds is 9. The topological polar surface area (TPSA) is 95.1 Å². The number of carboxylic acids is 1. The molecule has 0 saturated carbocycles. The molecule has 0 aliphatic rings. The van der Waals surface area contributed by atoms with Gasteiger partial charge >= 0.3 is 6.61 Å². The Bertz CT molecular complexity index is 521. The molecule has 0 aromatic heterocycles. The van der Waals surface area contributed by atoms with E-state index in [9.17, 15) is 23.5 Å². The van der Waals surface area contributed by atoms with E-state index in [4.69, 9.17) is 0 Å². The third-order valence-electron chi connectivity index (χ3n) is 2.96. The fourth-order valence-electron chi connectivity index (χ4n) is 1.83. The Hall–Kier alpha value is -2.22. The van der Waals surface area contributed by atoms with Crippen LogP contribution in [0.5, 0.6) is 5.75 Å². The highest BCUT2D eigenvalue weighted by molar-refractivity contribution is 5.93. The maximum atomic E-state index is 12.0. The SMILES string of the molecule is CC(C)C[NH2+][C@H](CC(=O)Nc1ccc(OC(F)F)cc1)C(=O)[O-]. The smallest absolute Gasteiger partial charge is 0.387 e. The summed E-state index contributed by atoms with van der Waals surface area (Å²) in [4.78, 5) is 22.9. The van der Waals surface area contributed by atoms with Crippen LogP contribution < -0.4 is 20.5 Å². The van der Waals surface area contributed by atoms with E-state index in [2.05, 4.69) is 10.1 Å². The van der Waals surface area contributed by atoms with Gasteiger partial charge in [0.1, 0.15) is 11.8 Å². The Morgan fingerprint density at radius 2 is 1.87 bits per heavy atom. The van der Waals surface area contributed by atoms with Crippen molar-refractivity contribution >= 4 is 17.6 Å². The van der Waals surface area contributed by atoms with E-state index in [1.807, 2.05) is 13.8 Å². The average Bonchev–Trinajstić information content (AvgIpc) is 2.44. The van der Waals surface area contributed by atoms with Crippen molar-refractivity contribution in [2.45, 2.75) is 32.9 Å². The largest absolute Gasteiger partial charge is 0.544 e. The number of anilines is 1. The number of ether oxygens (including phenoxy) is 1. The van der Waals surface area contributed by atoms with Crippen LogP contribution in [0.4, 0.5) is 14.5 Å². The zero-order chi connectivity index (χ0) is 17.4. The summed E-state index contributed by atoms with van der Waals surface area (Å²) in [5.74, 6) is -1.55. The first kappa shape index (κ1) is 18.8. The molecule has 0 aliphatic carbocycles. The van der Waals surface area contributed by atoms with Crippen molar-refractivity contribution in [3.05, 3.63) is 24.3 Å². The second-order valence-electron chi connectivity index (χ2n) is 5.45. The van der Waals surface area contributed by atoms with Gasteiger partial charge in [-0.15, -0.1) is 0 Å². The number of alkyl halides is 2. The van der Waals surface area contributed by atoms with Gasteiger partial charge in [0.05, 0.1) is 18.9 Å². The number of quaternary nitrogens is 1. The number of nitrogens with two attached hydrogens (primary N) is 1. The second kappa shape index (κ2) is 9.04. The highest BCUT2D eigenvalue weighted by atomic mass is 19.3. The predicted molar refractivity (Wildman–Crippen MR) is 76.7 cm³/mol. The normalized spacial score (nSPS) is 12.3. The minimum atomic E-state index is -2.92. The zero-order valence-corrected chi connectivity index (χ0v) is 12.9. The second-order valence-corrected chi connectivity index (χ2v) is 5.45. The van der Waals surface area contributed by atoms with Gasteiger partial charge in [0.15, 0.2) is 0 Å². The Morgan fingerprint density at radius 1 is 1.26 bits per heavy atom. The predicted octanol–water partition coefficient (Wildman–Crippen LogP) is -0.0455. The van der Waals surface area contributed by atoms with Gasteiger partial charge in [0.2, 0.25) is 5.91 Å². The number of amides is 1. The molecule has 0 saturated heterocycles. The first-order valence-electron chi connectivity index (χ1n) is 7.17. The molecule has 0 radical (unpaired) electrons. The minimum Gasteiger partial charge on any atom is -0.544 e. The van der Waals surface area contributed by atoms with Crippen LogP contribution in [-0.2, 0) is 9.59 Å². The van der Waals surface area contributed by atoms with Crippen LogP contribution in [0.1, 0.15) is 20.3 Å². The quantitative estimate of drug-likeness (QED) is 0.664. The number of hydrogen-bond acceptors (Lipinski definition) is 4. The first-order valence-corrected chi connectivity index (χ1v) is 7.17. The van der Waals surface area contributed by atoms with Gasteiger partial charge in [-0.05, 0) is 24.3 Å². The molecular formula is C15H20F2N2O4. The van der Waals surface area contributed by atoms with E-state index < -0.39 is 24.5 Å². The van der Waals surface area contributed by atoms with Crippen molar-refractivity contribution < 1.29 is 33.5 Å². The van der Waals surface area contributed by atoms with E-state index >= 15 is 0 Å². The molecule has 0 fully saturated rings. The van der Waals surface area contributed by atoms with Crippen LogP contribution >= 0.6 is 0 Å². The lowest BCUT2D eigenvalue weighted by atomic mass is 10.1. The summed E-state index contributed by atoms with van der Waals surface area (Å²) in [5, 5.41) is 15.1. The maximum Gasteiger partial charge on any atom is 0.387 e. The van der Waals surface area contributed by atoms with Gasteiger partial charge in [0.25, 0.3) is 0 Å². The fraction of sp³-hybridized carbons (Fsp3) is 0.467. The third kappa shape index (κ3) is 7.55. The number of carboxylic acid groups (broad SMARTS) is 1. The molecule has 0 bridgehead atoms. The standard InChI is InChI=1S/C15H20F2N2O4/c1-9(2)8-18-12(14(21)22)7-13(20)19-10-3-5-11(6-4-10)23-15(16)17/h3-6,9,12,15,18H,7-8H2,1-2H3,(H,19,20)(H,21,22)/t12-/m1/s1. The summed E-state index contributed by atoms with van der Waals surface area (Å²) in [6.07, 6.45) is -0.246. The van der Waals surface area contributed by atoms with Crippen LogP contribution in [0.3, 0.4) is 0 Å². The third-order valence-corrected chi connectivity index (χ3v) is 2.96. The minimum absolute atomic E-state index is 0.0316. The monoisotopic (exact) mass is 330 g/mol.